The third-order valence-electron chi connectivity index (χ3n) is 10.8. The van der Waals surface area contributed by atoms with Crippen molar-refractivity contribution in [2.75, 3.05) is 0 Å². The van der Waals surface area contributed by atoms with E-state index in [-0.39, 0.29) is 87.4 Å². The topological polar surface area (TPSA) is 246 Å². The van der Waals surface area contributed by atoms with Crippen molar-refractivity contribution in [3.05, 3.63) is 199 Å². The highest BCUT2D eigenvalue weighted by Gasteiger charge is 2.46. The lowest BCUT2D eigenvalue weighted by atomic mass is 9.88. The van der Waals surface area contributed by atoms with Gasteiger partial charge in [0.1, 0.15) is 36.4 Å². The van der Waals surface area contributed by atoms with Crippen LogP contribution in [0.4, 0.5) is 0 Å². The van der Waals surface area contributed by atoms with Crippen LogP contribution in [-0.2, 0) is 0 Å². The Labute approximate surface area is 395 Å². The van der Waals surface area contributed by atoms with Crippen LogP contribution in [0.1, 0.15) is 31.7 Å². The molecule has 4 aromatic heterocycles. The summed E-state index contributed by atoms with van der Waals surface area (Å²) in [7, 11) is 0. The highest BCUT2D eigenvalue weighted by Crippen LogP contribution is 2.59. The van der Waals surface area contributed by atoms with Crippen molar-refractivity contribution in [1.29, 1.82) is 31.6 Å². The molecule has 0 N–H and O–H groups in total. The molecule has 0 spiro atoms. The van der Waals surface area contributed by atoms with Gasteiger partial charge >= 0.3 is 0 Å². The molecular formula is C52H22N14S2. The first-order valence-electron chi connectivity index (χ1n) is 20.3. The fraction of sp³-hybridized carbons (Fsp3) is 0. The molecule has 10 rings (SSSR count). The number of hydrogen-bond acceptors (Lipinski definition) is 16. The molecule has 0 unspecified atom stereocenters. The molecule has 16 heteroatoms. The highest BCUT2D eigenvalue weighted by molar-refractivity contribution is 7.13. The number of hydrogen-bond donors (Lipinski definition) is 0. The molecule has 0 atom stereocenters. The van der Waals surface area contributed by atoms with Crippen LogP contribution in [0.5, 0.6) is 0 Å². The molecule has 0 aliphatic heterocycles. The Morgan fingerprint density at radius 1 is 0.368 bits per heavy atom. The molecule has 2 aliphatic carbocycles. The van der Waals surface area contributed by atoms with Crippen molar-refractivity contribution >= 4 is 45.0 Å². The largest absolute Gasteiger partial charge is 0.228 e. The van der Waals surface area contributed by atoms with E-state index in [1.54, 1.807) is 0 Å². The normalized spacial score (nSPS) is 14.3. The smallest absolute Gasteiger partial charge is 0.218 e. The summed E-state index contributed by atoms with van der Waals surface area (Å²) >= 11 is 1.69. The Kier molecular flexibility index (Phi) is 10.9. The second kappa shape index (κ2) is 17.8. The van der Waals surface area contributed by atoms with E-state index in [0.29, 0.717) is 22.8 Å². The quantitative estimate of drug-likeness (QED) is 0.129. The standard InChI is InChI=1S/C52H22N14S2/c53-23-33-43-44(45(35(25-55)51-65-63-41(27-57)67-51)47(33)49-59-37(29-13-5-1-6-14-29)21-38(60-49)30-15-7-2-8-16-30)34(24-54)48(46(43)36(26-56)52-66-64-42(28-58)68-52)50-61-39(31-17-9-3-10-18-31)22-40(62-50)32-19-11-4-12-20-32/h1-22H/b45-35+,46-36+. The van der Waals surface area contributed by atoms with Crippen LogP contribution in [0.3, 0.4) is 0 Å². The van der Waals surface area contributed by atoms with Gasteiger partial charge in [-0.15, -0.1) is 20.4 Å². The Morgan fingerprint density at radius 3 is 0.926 bits per heavy atom. The number of allylic oxidation sites excluding steroid dienone is 10. The highest BCUT2D eigenvalue weighted by atomic mass is 32.1. The van der Waals surface area contributed by atoms with Gasteiger partial charge in [0.15, 0.2) is 21.7 Å². The lowest BCUT2D eigenvalue weighted by Gasteiger charge is -2.17. The average Bonchev–Trinajstić information content (AvgIpc) is 4.22. The predicted octanol–water partition coefficient (Wildman–Crippen LogP) is 9.91. The van der Waals surface area contributed by atoms with Crippen LogP contribution in [0, 0.1) is 68.0 Å². The summed E-state index contributed by atoms with van der Waals surface area (Å²) in [6.07, 6.45) is 0. The van der Waals surface area contributed by atoms with Crippen LogP contribution in [0.2, 0.25) is 0 Å². The molecule has 0 saturated heterocycles. The van der Waals surface area contributed by atoms with Gasteiger partial charge in [-0.05, 0) is 12.1 Å². The second-order valence-corrected chi connectivity index (χ2v) is 16.6. The molecule has 0 amide bonds. The Morgan fingerprint density at radius 2 is 0.676 bits per heavy atom. The molecule has 2 aliphatic rings. The summed E-state index contributed by atoms with van der Waals surface area (Å²) < 4.78 is 0. The molecule has 0 bridgehead atoms. The first-order valence-corrected chi connectivity index (χ1v) is 21.9. The van der Waals surface area contributed by atoms with Crippen LogP contribution in [-0.4, -0.2) is 40.3 Å². The molecule has 0 radical (unpaired) electrons. The fourth-order valence-corrected chi connectivity index (χ4v) is 9.26. The van der Waals surface area contributed by atoms with Gasteiger partial charge in [-0.3, -0.25) is 0 Å². The minimum Gasteiger partial charge on any atom is -0.228 e. The molecular weight excluding hydrogens is 885 g/mol. The monoisotopic (exact) mass is 906 g/mol. The van der Waals surface area contributed by atoms with E-state index in [9.17, 15) is 31.6 Å². The van der Waals surface area contributed by atoms with Crippen molar-refractivity contribution in [3.8, 4) is 81.4 Å². The SMILES string of the molecule is N#CC1=C(c2nc(-c3ccccc3)cc(-c3ccccc3)n2)/C(=C(\C#N)c2nnc(C#N)s2)C2=C1/C(=C(/C#N)c1nnc(C#N)s1)C(c1nc(-c3ccccc3)cc(-c3ccccc3)n1)=C2C#N. The number of rotatable bonds is 8. The zero-order valence-electron chi connectivity index (χ0n) is 34.8. The third kappa shape index (κ3) is 7.27. The second-order valence-electron chi connectivity index (χ2n) is 14.6. The maximum atomic E-state index is 11.6. The number of nitriles is 6. The Hall–Kier alpha value is -10.2. The first kappa shape index (κ1) is 41.8. The third-order valence-corrected chi connectivity index (χ3v) is 12.5. The van der Waals surface area contributed by atoms with Crippen molar-refractivity contribution in [2.24, 2.45) is 0 Å². The zero-order chi connectivity index (χ0) is 46.7. The fourth-order valence-electron chi connectivity index (χ4n) is 7.98. The van der Waals surface area contributed by atoms with E-state index in [1.165, 1.54) is 0 Å². The molecule has 14 nitrogen and oxygen atoms in total. The van der Waals surface area contributed by atoms with Crippen molar-refractivity contribution in [1.82, 2.24) is 40.3 Å². The van der Waals surface area contributed by atoms with Gasteiger partial charge in [-0.2, -0.15) is 31.6 Å². The van der Waals surface area contributed by atoms with Crippen LogP contribution in [0.15, 0.2) is 167 Å². The van der Waals surface area contributed by atoms with E-state index in [0.717, 1.165) is 44.9 Å². The lowest BCUT2D eigenvalue weighted by Crippen LogP contribution is -2.07. The maximum Gasteiger partial charge on any atom is 0.218 e. The number of nitrogens with zero attached hydrogens (tertiary/aromatic N) is 14. The number of aromatic nitrogens is 8. The van der Waals surface area contributed by atoms with Gasteiger partial charge in [-0.1, -0.05) is 144 Å². The molecule has 4 aromatic carbocycles. The Balaban J connectivity index is 1.36. The zero-order valence-corrected chi connectivity index (χ0v) is 36.4. The van der Waals surface area contributed by atoms with Crippen LogP contribution in [0.25, 0.3) is 67.3 Å². The van der Waals surface area contributed by atoms with Crippen LogP contribution < -0.4 is 0 Å². The molecule has 8 aromatic rings. The summed E-state index contributed by atoms with van der Waals surface area (Å²) in [4.78, 5) is 20.3. The predicted molar refractivity (Wildman–Crippen MR) is 252 cm³/mol. The van der Waals surface area contributed by atoms with E-state index in [1.807, 2.05) is 146 Å². The van der Waals surface area contributed by atoms with Crippen molar-refractivity contribution in [3.63, 3.8) is 0 Å². The van der Waals surface area contributed by atoms with E-state index >= 15 is 0 Å². The summed E-state index contributed by atoms with van der Waals surface area (Å²) in [5.41, 5.74) is 4.62. The molecule has 4 heterocycles. The summed E-state index contributed by atoms with van der Waals surface area (Å²) in [5.74, 6) is 0.0222. The van der Waals surface area contributed by atoms with Crippen molar-refractivity contribution in [2.45, 2.75) is 0 Å². The van der Waals surface area contributed by atoms with E-state index in [2.05, 4.69) is 44.7 Å². The lowest BCUT2D eigenvalue weighted by molar-refractivity contribution is 1.06. The summed E-state index contributed by atoms with van der Waals surface area (Å²) in [6.45, 7) is 0. The summed E-state index contributed by atoms with van der Waals surface area (Å²) in [6, 6.07) is 54.2. The van der Waals surface area contributed by atoms with Gasteiger partial charge in [-0.25, -0.2) is 19.9 Å². The van der Waals surface area contributed by atoms with E-state index in [4.69, 9.17) is 19.9 Å². The van der Waals surface area contributed by atoms with Gasteiger partial charge in [0.05, 0.1) is 45.1 Å². The van der Waals surface area contributed by atoms with Gasteiger partial charge < -0.3 is 0 Å². The van der Waals surface area contributed by atoms with E-state index < -0.39 is 0 Å². The Bertz CT molecular complexity index is 3470. The maximum absolute atomic E-state index is 11.6. The van der Waals surface area contributed by atoms with Gasteiger partial charge in [0, 0.05) is 55.7 Å². The van der Waals surface area contributed by atoms with Gasteiger partial charge in [0.25, 0.3) is 0 Å². The molecule has 68 heavy (non-hydrogen) atoms. The van der Waals surface area contributed by atoms with Crippen LogP contribution >= 0.6 is 22.7 Å². The molecule has 0 fully saturated rings. The average molecular weight is 907 g/mol. The minimum absolute atomic E-state index is 0.0111. The minimum atomic E-state index is -0.148. The molecule has 312 valence electrons. The molecule has 0 saturated carbocycles. The number of benzene rings is 4. The van der Waals surface area contributed by atoms with Crippen molar-refractivity contribution < 1.29 is 0 Å². The first-order chi connectivity index (χ1) is 33.5. The van der Waals surface area contributed by atoms with Gasteiger partial charge in [0.2, 0.25) is 10.0 Å². The summed E-state index contributed by atoms with van der Waals surface area (Å²) in [5, 5.41) is 81.9.